The van der Waals surface area contributed by atoms with Crippen molar-refractivity contribution < 1.29 is 0 Å². The molecule has 0 aliphatic heterocycles. The minimum atomic E-state index is 0.384. The maximum atomic E-state index is 5.96. The van der Waals surface area contributed by atoms with Gasteiger partial charge in [0.1, 0.15) is 5.82 Å². The lowest BCUT2D eigenvalue weighted by Gasteiger charge is -2.07. The number of rotatable bonds is 3. The summed E-state index contributed by atoms with van der Waals surface area (Å²) in [5.41, 5.74) is 8.28. The average Bonchev–Trinajstić information content (AvgIpc) is 2.71. The Bertz CT molecular complexity index is 776. The van der Waals surface area contributed by atoms with E-state index in [9.17, 15) is 0 Å². The Labute approximate surface area is 154 Å². The van der Waals surface area contributed by atoms with Crippen molar-refractivity contribution in [3.63, 3.8) is 0 Å². The highest BCUT2D eigenvalue weighted by Crippen LogP contribution is 2.23. The van der Waals surface area contributed by atoms with E-state index in [-0.39, 0.29) is 0 Å². The predicted octanol–water partition coefficient (Wildman–Crippen LogP) is 4.60. The number of nitrogens with two attached hydrogens (primary N) is 1. The van der Waals surface area contributed by atoms with E-state index >= 15 is 0 Å². The van der Waals surface area contributed by atoms with Gasteiger partial charge in [0.05, 0.1) is 11.3 Å². The third-order valence-corrected chi connectivity index (χ3v) is 4.20. The minimum absolute atomic E-state index is 0.384. The fourth-order valence-corrected chi connectivity index (χ4v) is 2.80. The van der Waals surface area contributed by atoms with Gasteiger partial charge in [0.25, 0.3) is 0 Å². The summed E-state index contributed by atoms with van der Waals surface area (Å²) in [5.74, 6) is 0.823. The Morgan fingerprint density at radius 3 is 2.08 bits per heavy atom. The molecule has 0 unspecified atom stereocenters. The van der Waals surface area contributed by atoms with E-state index in [1.165, 1.54) is 38.5 Å². The van der Waals surface area contributed by atoms with Gasteiger partial charge in [-0.3, -0.25) is 9.97 Å². The first kappa shape index (κ1) is 17.8. The van der Waals surface area contributed by atoms with Crippen LogP contribution in [0.25, 0.3) is 11.3 Å². The van der Waals surface area contributed by atoms with Crippen LogP contribution in [0.2, 0.25) is 0 Å². The molecule has 134 valence electrons. The lowest BCUT2D eigenvalue weighted by Crippen LogP contribution is -2.02. The van der Waals surface area contributed by atoms with E-state index in [0.717, 1.165) is 11.4 Å². The predicted molar refractivity (Wildman–Crippen MR) is 105 cm³/mol. The fraction of sp³-hybridized carbons (Fsp3) is 0.300. The molecule has 3 N–H and O–H groups in total. The van der Waals surface area contributed by atoms with Gasteiger partial charge in [0.2, 0.25) is 5.95 Å². The topological polar surface area (TPSA) is 89.6 Å². The van der Waals surface area contributed by atoms with Crippen LogP contribution in [0.15, 0.2) is 55.1 Å². The number of hydrogen-bond acceptors (Lipinski definition) is 6. The van der Waals surface area contributed by atoms with Gasteiger partial charge in [0, 0.05) is 30.5 Å². The number of nitrogen functional groups attached to an aromatic ring is 1. The Morgan fingerprint density at radius 2 is 1.50 bits per heavy atom. The highest BCUT2D eigenvalue weighted by atomic mass is 15.1. The molecule has 1 aliphatic carbocycles. The molecule has 26 heavy (non-hydrogen) atoms. The normalized spacial score (nSPS) is 13.4. The zero-order valence-electron chi connectivity index (χ0n) is 14.8. The van der Waals surface area contributed by atoms with E-state index < -0.39 is 0 Å². The zero-order valence-corrected chi connectivity index (χ0v) is 14.8. The van der Waals surface area contributed by atoms with Gasteiger partial charge >= 0.3 is 0 Å². The van der Waals surface area contributed by atoms with Crippen molar-refractivity contribution >= 4 is 17.5 Å². The summed E-state index contributed by atoms with van der Waals surface area (Å²) in [6, 6.07) is 9.26. The monoisotopic (exact) mass is 348 g/mol. The Kier molecular flexibility index (Phi) is 6.47. The highest BCUT2D eigenvalue weighted by Gasteiger charge is 2.07. The SMILES string of the molecule is C1CCCCC1.Nc1nc(Nc2ccncc2)ncc1-c1ccccn1. The van der Waals surface area contributed by atoms with Crippen LogP contribution in [0.3, 0.4) is 0 Å². The molecule has 0 saturated heterocycles. The molecule has 0 radical (unpaired) electrons. The molecule has 4 rings (SSSR count). The van der Waals surface area contributed by atoms with E-state index in [2.05, 4.69) is 25.3 Å². The third-order valence-electron chi connectivity index (χ3n) is 4.20. The molecule has 1 saturated carbocycles. The summed E-state index contributed by atoms with van der Waals surface area (Å²) in [6.45, 7) is 0. The van der Waals surface area contributed by atoms with Crippen LogP contribution in [0.1, 0.15) is 38.5 Å². The van der Waals surface area contributed by atoms with Crippen LogP contribution in [0, 0.1) is 0 Å². The van der Waals surface area contributed by atoms with Gasteiger partial charge in [-0.25, -0.2) is 4.98 Å². The molecule has 1 aliphatic rings. The van der Waals surface area contributed by atoms with Crippen molar-refractivity contribution in [3.8, 4) is 11.3 Å². The molecule has 0 spiro atoms. The van der Waals surface area contributed by atoms with E-state index in [1.54, 1.807) is 24.8 Å². The largest absolute Gasteiger partial charge is 0.383 e. The van der Waals surface area contributed by atoms with Crippen molar-refractivity contribution in [3.05, 3.63) is 55.1 Å². The van der Waals surface area contributed by atoms with Gasteiger partial charge in [-0.2, -0.15) is 4.98 Å². The maximum Gasteiger partial charge on any atom is 0.229 e. The van der Waals surface area contributed by atoms with Crippen LogP contribution in [-0.2, 0) is 0 Å². The maximum absolute atomic E-state index is 5.96. The van der Waals surface area contributed by atoms with Gasteiger partial charge in [0.15, 0.2) is 0 Å². The lowest BCUT2D eigenvalue weighted by atomic mass is 10.0. The number of nitrogens with one attached hydrogen (secondary N) is 1. The lowest BCUT2D eigenvalue weighted by molar-refractivity contribution is 0.504. The molecular formula is C20H24N6. The standard InChI is InChI=1S/C14H12N6.C6H12/c15-13-11(12-3-1-2-6-17-12)9-18-14(20-13)19-10-4-7-16-8-5-10;1-2-4-6-5-3-1/h1-9H,(H3,15,16,18,19,20);1-6H2. The Balaban J connectivity index is 0.000000278. The van der Waals surface area contributed by atoms with Crippen molar-refractivity contribution in [2.45, 2.75) is 38.5 Å². The summed E-state index contributed by atoms with van der Waals surface area (Å²) in [6.07, 6.45) is 15.7. The molecule has 0 amide bonds. The van der Waals surface area contributed by atoms with Crippen LogP contribution >= 0.6 is 0 Å². The summed E-state index contributed by atoms with van der Waals surface area (Å²) >= 11 is 0. The van der Waals surface area contributed by atoms with Gasteiger partial charge in [-0.15, -0.1) is 0 Å². The summed E-state index contributed by atoms with van der Waals surface area (Å²) < 4.78 is 0. The number of pyridine rings is 2. The molecule has 0 bridgehead atoms. The quantitative estimate of drug-likeness (QED) is 0.719. The summed E-state index contributed by atoms with van der Waals surface area (Å²) in [5, 5.41) is 3.06. The van der Waals surface area contributed by atoms with Crippen molar-refractivity contribution in [1.82, 2.24) is 19.9 Å². The fourth-order valence-electron chi connectivity index (χ4n) is 2.80. The first-order valence-electron chi connectivity index (χ1n) is 9.04. The second kappa shape index (κ2) is 9.46. The second-order valence-electron chi connectivity index (χ2n) is 6.19. The van der Waals surface area contributed by atoms with Gasteiger partial charge in [-0.05, 0) is 24.3 Å². The zero-order chi connectivity index (χ0) is 18.0. The molecule has 0 atom stereocenters. The van der Waals surface area contributed by atoms with E-state index in [0.29, 0.717) is 17.3 Å². The van der Waals surface area contributed by atoms with Crippen LogP contribution in [0.5, 0.6) is 0 Å². The van der Waals surface area contributed by atoms with Crippen LogP contribution < -0.4 is 11.1 Å². The molecule has 0 aromatic carbocycles. The van der Waals surface area contributed by atoms with E-state index in [1.807, 2.05) is 30.3 Å². The molecule has 3 aromatic heterocycles. The van der Waals surface area contributed by atoms with Crippen LogP contribution in [0.4, 0.5) is 17.5 Å². The third kappa shape index (κ3) is 5.24. The van der Waals surface area contributed by atoms with E-state index in [4.69, 9.17) is 5.73 Å². The first-order chi connectivity index (χ1) is 12.8. The number of aromatic nitrogens is 4. The van der Waals surface area contributed by atoms with Crippen molar-refractivity contribution in [1.29, 1.82) is 0 Å². The summed E-state index contributed by atoms with van der Waals surface area (Å²) in [4.78, 5) is 16.7. The average molecular weight is 348 g/mol. The molecule has 6 nitrogen and oxygen atoms in total. The second-order valence-corrected chi connectivity index (χ2v) is 6.19. The van der Waals surface area contributed by atoms with Gasteiger partial charge in [-0.1, -0.05) is 44.6 Å². The Morgan fingerprint density at radius 1 is 0.808 bits per heavy atom. The van der Waals surface area contributed by atoms with Gasteiger partial charge < -0.3 is 11.1 Å². The Hall–Kier alpha value is -3.02. The molecule has 1 fully saturated rings. The minimum Gasteiger partial charge on any atom is -0.383 e. The van der Waals surface area contributed by atoms with Crippen LogP contribution in [-0.4, -0.2) is 19.9 Å². The molecule has 3 aromatic rings. The molecular weight excluding hydrogens is 324 g/mol. The van der Waals surface area contributed by atoms with Crippen molar-refractivity contribution in [2.75, 3.05) is 11.1 Å². The smallest absolute Gasteiger partial charge is 0.229 e. The molecule has 6 heteroatoms. The number of nitrogens with zero attached hydrogens (tertiary/aromatic N) is 4. The van der Waals surface area contributed by atoms with Crippen molar-refractivity contribution in [2.24, 2.45) is 0 Å². The summed E-state index contributed by atoms with van der Waals surface area (Å²) in [7, 11) is 0. The molecule has 3 heterocycles. The highest BCUT2D eigenvalue weighted by molar-refractivity contribution is 5.71. The number of hydrogen-bond donors (Lipinski definition) is 2. The number of anilines is 3. The first-order valence-corrected chi connectivity index (χ1v) is 9.04.